The highest BCUT2D eigenvalue weighted by atomic mass is 32.2. The number of amides is 1. The van der Waals surface area contributed by atoms with Crippen LogP contribution in [0.15, 0.2) is 63.9 Å². The van der Waals surface area contributed by atoms with Crippen LogP contribution in [0.5, 0.6) is 0 Å². The second kappa shape index (κ2) is 9.19. The van der Waals surface area contributed by atoms with Gasteiger partial charge in [0.1, 0.15) is 0 Å². The zero-order chi connectivity index (χ0) is 22.7. The lowest BCUT2D eigenvalue weighted by atomic mass is 10.2. The summed E-state index contributed by atoms with van der Waals surface area (Å²) in [5, 5.41) is 10.3. The van der Waals surface area contributed by atoms with Crippen LogP contribution in [-0.2, 0) is 21.2 Å². The van der Waals surface area contributed by atoms with Crippen LogP contribution in [0, 0.1) is 0 Å². The Morgan fingerprint density at radius 3 is 2.34 bits per heavy atom. The Morgan fingerprint density at radius 2 is 1.69 bits per heavy atom. The topological polar surface area (TPSA) is 115 Å². The van der Waals surface area contributed by atoms with Gasteiger partial charge in [0.05, 0.1) is 23.5 Å². The number of benzene rings is 2. The van der Waals surface area contributed by atoms with Gasteiger partial charge in [0, 0.05) is 18.7 Å². The molecule has 0 spiro atoms. The fourth-order valence-electron chi connectivity index (χ4n) is 3.57. The van der Waals surface area contributed by atoms with Crippen molar-refractivity contribution in [3.8, 4) is 0 Å². The molecular weight excluding hydrogens is 432 g/mol. The van der Waals surface area contributed by atoms with Crippen molar-refractivity contribution in [1.29, 1.82) is 0 Å². The van der Waals surface area contributed by atoms with Gasteiger partial charge in [-0.2, -0.15) is 4.31 Å². The Morgan fingerprint density at radius 1 is 1.03 bits per heavy atom. The SMILES string of the molecule is C[C@@H]1CN(S(=O)(=O)c2ccc(C(=O)Nc3nnc(Cc4ccccc4)o3)cc2)C[C@@H](C)O1. The molecule has 0 unspecified atom stereocenters. The molecule has 3 aromatic rings. The van der Waals surface area contributed by atoms with Crippen LogP contribution in [0.4, 0.5) is 6.01 Å². The zero-order valence-corrected chi connectivity index (χ0v) is 18.6. The van der Waals surface area contributed by atoms with Crippen LogP contribution in [0.3, 0.4) is 0 Å². The summed E-state index contributed by atoms with van der Waals surface area (Å²) in [7, 11) is -3.67. The van der Waals surface area contributed by atoms with Gasteiger partial charge in [-0.15, -0.1) is 5.10 Å². The van der Waals surface area contributed by atoms with Gasteiger partial charge < -0.3 is 9.15 Å². The number of hydrogen-bond donors (Lipinski definition) is 1. The standard InChI is InChI=1S/C22H24N4O5S/c1-15-13-26(14-16(2)30-15)32(28,29)19-10-8-18(9-11-19)21(27)23-22-25-24-20(31-22)12-17-6-4-3-5-7-17/h3-11,15-16H,12-14H2,1-2H3,(H,23,25,27)/t15-,16-/m1/s1. The third-order valence-electron chi connectivity index (χ3n) is 5.03. The molecule has 9 nitrogen and oxygen atoms in total. The molecule has 0 aliphatic carbocycles. The lowest BCUT2D eigenvalue weighted by molar-refractivity contribution is -0.0440. The van der Waals surface area contributed by atoms with Crippen molar-refractivity contribution in [3.05, 3.63) is 71.6 Å². The van der Waals surface area contributed by atoms with E-state index in [9.17, 15) is 13.2 Å². The van der Waals surface area contributed by atoms with Gasteiger partial charge in [0.15, 0.2) is 0 Å². The summed E-state index contributed by atoms with van der Waals surface area (Å²) in [5.41, 5.74) is 1.28. The number of carbonyl (C=O) groups is 1. The van der Waals surface area contributed by atoms with Gasteiger partial charge in [0.25, 0.3) is 5.91 Å². The van der Waals surface area contributed by atoms with E-state index < -0.39 is 15.9 Å². The van der Waals surface area contributed by atoms with Crippen molar-refractivity contribution in [3.63, 3.8) is 0 Å². The molecule has 1 fully saturated rings. The number of aromatic nitrogens is 2. The maximum Gasteiger partial charge on any atom is 0.322 e. The van der Waals surface area contributed by atoms with Gasteiger partial charge in [-0.05, 0) is 43.7 Å². The van der Waals surface area contributed by atoms with Gasteiger partial charge >= 0.3 is 6.01 Å². The molecule has 1 aromatic heterocycles. The largest absolute Gasteiger partial charge is 0.407 e. The maximum atomic E-state index is 12.9. The summed E-state index contributed by atoms with van der Waals surface area (Å²) in [6.07, 6.45) is 0.0919. The zero-order valence-electron chi connectivity index (χ0n) is 17.8. The van der Waals surface area contributed by atoms with Crippen molar-refractivity contribution in [2.45, 2.75) is 37.4 Å². The predicted molar refractivity (Wildman–Crippen MR) is 117 cm³/mol. The molecule has 2 heterocycles. The third-order valence-corrected chi connectivity index (χ3v) is 6.87. The molecule has 1 saturated heterocycles. The number of anilines is 1. The second-order valence-electron chi connectivity index (χ2n) is 7.72. The number of morpholine rings is 1. The highest BCUT2D eigenvalue weighted by Gasteiger charge is 2.32. The first kappa shape index (κ1) is 22.1. The highest BCUT2D eigenvalue weighted by molar-refractivity contribution is 7.89. The first-order chi connectivity index (χ1) is 15.3. The predicted octanol–water partition coefficient (Wildman–Crippen LogP) is 2.71. The Bertz CT molecular complexity index is 1170. The summed E-state index contributed by atoms with van der Waals surface area (Å²) in [6.45, 7) is 4.26. The number of hydrogen-bond acceptors (Lipinski definition) is 7. The minimum atomic E-state index is -3.67. The van der Waals surface area contributed by atoms with E-state index in [2.05, 4.69) is 15.5 Å². The van der Waals surface area contributed by atoms with Crippen LogP contribution in [0.1, 0.15) is 35.7 Å². The molecule has 2 atom stereocenters. The minimum absolute atomic E-state index is 0.0195. The molecule has 4 rings (SSSR count). The maximum absolute atomic E-state index is 12.9. The van der Waals surface area contributed by atoms with Crippen molar-refractivity contribution < 1.29 is 22.4 Å². The molecule has 0 radical (unpaired) electrons. The van der Waals surface area contributed by atoms with Crippen LogP contribution >= 0.6 is 0 Å². The van der Waals surface area contributed by atoms with Crippen molar-refractivity contribution >= 4 is 21.9 Å². The number of ether oxygens (including phenoxy) is 1. The Kier molecular flexibility index (Phi) is 6.35. The molecule has 1 amide bonds. The first-order valence-electron chi connectivity index (χ1n) is 10.2. The van der Waals surface area contributed by atoms with E-state index >= 15 is 0 Å². The van der Waals surface area contributed by atoms with Crippen LogP contribution in [0.2, 0.25) is 0 Å². The summed E-state index contributed by atoms with van der Waals surface area (Å²) in [4.78, 5) is 12.6. The first-order valence-corrected chi connectivity index (χ1v) is 11.7. The molecular formula is C22H24N4O5S. The molecule has 168 valence electrons. The summed E-state index contributed by atoms with van der Waals surface area (Å²) in [5.74, 6) is -0.0978. The van der Waals surface area contributed by atoms with Crippen molar-refractivity contribution in [2.75, 3.05) is 18.4 Å². The lowest BCUT2D eigenvalue weighted by Gasteiger charge is -2.34. The summed E-state index contributed by atoms with van der Waals surface area (Å²) < 4.78 is 38.4. The van der Waals surface area contributed by atoms with Crippen LogP contribution < -0.4 is 5.32 Å². The van der Waals surface area contributed by atoms with Gasteiger partial charge in [-0.1, -0.05) is 35.4 Å². The number of rotatable bonds is 6. The number of sulfonamides is 1. The van der Waals surface area contributed by atoms with Crippen LogP contribution in [0.25, 0.3) is 0 Å². The summed E-state index contributed by atoms with van der Waals surface area (Å²) >= 11 is 0. The normalized spacial score (nSPS) is 19.6. The third kappa shape index (κ3) is 5.04. The number of carbonyl (C=O) groups excluding carboxylic acids is 1. The smallest absolute Gasteiger partial charge is 0.322 e. The van der Waals surface area contributed by atoms with E-state index in [1.807, 2.05) is 44.2 Å². The second-order valence-corrected chi connectivity index (χ2v) is 9.66. The van der Waals surface area contributed by atoms with E-state index in [4.69, 9.17) is 9.15 Å². The molecule has 0 saturated carbocycles. The molecule has 32 heavy (non-hydrogen) atoms. The van der Waals surface area contributed by atoms with Gasteiger partial charge in [-0.3, -0.25) is 10.1 Å². The average molecular weight is 457 g/mol. The minimum Gasteiger partial charge on any atom is -0.407 e. The molecule has 0 bridgehead atoms. The monoisotopic (exact) mass is 456 g/mol. The Labute approximate surface area is 186 Å². The van der Waals surface area contributed by atoms with Crippen molar-refractivity contribution in [2.24, 2.45) is 0 Å². The van der Waals surface area contributed by atoms with E-state index in [-0.39, 0.29) is 41.8 Å². The Balaban J connectivity index is 1.41. The number of nitrogens with one attached hydrogen (secondary N) is 1. The van der Waals surface area contributed by atoms with E-state index in [1.54, 1.807) is 0 Å². The quantitative estimate of drug-likeness (QED) is 0.606. The van der Waals surface area contributed by atoms with E-state index in [1.165, 1.54) is 28.6 Å². The molecule has 1 N–H and O–H groups in total. The van der Waals surface area contributed by atoms with Gasteiger partial charge in [0.2, 0.25) is 15.9 Å². The summed E-state index contributed by atoms with van der Waals surface area (Å²) in [6, 6.07) is 15.4. The fraction of sp³-hybridized carbons (Fsp3) is 0.318. The number of nitrogens with zero attached hydrogens (tertiary/aromatic N) is 3. The molecule has 1 aliphatic heterocycles. The Hall–Kier alpha value is -3.08. The van der Waals surface area contributed by atoms with E-state index in [0.29, 0.717) is 12.3 Å². The van der Waals surface area contributed by atoms with Crippen LogP contribution in [-0.4, -0.2) is 54.1 Å². The lowest BCUT2D eigenvalue weighted by Crippen LogP contribution is -2.48. The van der Waals surface area contributed by atoms with Crippen molar-refractivity contribution in [1.82, 2.24) is 14.5 Å². The molecule has 2 aromatic carbocycles. The average Bonchev–Trinajstić information content (AvgIpc) is 3.20. The highest BCUT2D eigenvalue weighted by Crippen LogP contribution is 2.22. The molecule has 10 heteroatoms. The van der Waals surface area contributed by atoms with E-state index in [0.717, 1.165) is 5.56 Å². The van der Waals surface area contributed by atoms with Gasteiger partial charge in [-0.25, -0.2) is 8.42 Å². The fourth-order valence-corrected chi connectivity index (χ4v) is 5.16. The molecule has 1 aliphatic rings.